The third-order valence-corrected chi connectivity index (χ3v) is 5.72. The summed E-state index contributed by atoms with van der Waals surface area (Å²) in [4.78, 5) is 34.5. The van der Waals surface area contributed by atoms with E-state index in [0.29, 0.717) is 55.1 Å². The van der Waals surface area contributed by atoms with Crippen LogP contribution in [-0.2, 0) is 11.3 Å². The number of piperazine rings is 1. The van der Waals surface area contributed by atoms with E-state index in [-0.39, 0.29) is 12.6 Å². The van der Waals surface area contributed by atoms with Gasteiger partial charge in [0.2, 0.25) is 11.9 Å². The summed E-state index contributed by atoms with van der Waals surface area (Å²) in [6, 6.07) is 0.0520. The molecule has 4 aromatic rings. The lowest BCUT2D eigenvalue weighted by molar-refractivity contribution is 0.173. The maximum atomic E-state index is 9.02. The van der Waals surface area contributed by atoms with Crippen molar-refractivity contribution in [2.45, 2.75) is 12.6 Å². The van der Waals surface area contributed by atoms with Gasteiger partial charge in [0.05, 0.1) is 48.7 Å². The Morgan fingerprint density at radius 3 is 2.30 bits per heavy atom. The van der Waals surface area contributed by atoms with Crippen LogP contribution in [-0.4, -0.2) is 95.8 Å². The number of nitrogens with zero attached hydrogens (tertiary/aromatic N) is 11. The van der Waals surface area contributed by atoms with E-state index in [1.807, 2.05) is 0 Å². The molecule has 4 aromatic heterocycles. The van der Waals surface area contributed by atoms with Crippen molar-refractivity contribution in [3.05, 3.63) is 61.0 Å². The first-order chi connectivity index (χ1) is 18.2. The first-order valence-corrected chi connectivity index (χ1v) is 11.7. The first kappa shape index (κ1) is 24.2. The molecule has 1 aliphatic rings. The minimum absolute atomic E-state index is 0.0218. The molecule has 0 saturated carbocycles. The zero-order chi connectivity index (χ0) is 25.5. The Morgan fingerprint density at radius 2 is 1.62 bits per heavy atom. The second kappa shape index (κ2) is 11.5. The topological polar surface area (TPSA) is 144 Å². The van der Waals surface area contributed by atoms with E-state index in [9.17, 15) is 0 Å². The molecule has 1 N–H and O–H groups in total. The predicted octanol–water partition coefficient (Wildman–Crippen LogP) is 0.0488. The third-order valence-electron chi connectivity index (χ3n) is 5.72. The molecule has 1 aliphatic heterocycles. The maximum Gasteiger partial charge on any atom is 0.228 e. The molecular weight excluding hydrogens is 474 g/mol. The SMILES string of the molecule is COC[C@H]1CN(c2ncc(C#Cc3cnc(-c4cnn(CCO)c4)nc3)cn2)CCN1c1ncncn1. The molecule has 13 heteroatoms. The fraction of sp³-hybridized carbons (Fsp3) is 0.333. The van der Waals surface area contributed by atoms with Crippen molar-refractivity contribution in [1.29, 1.82) is 0 Å². The van der Waals surface area contributed by atoms with Crippen LogP contribution in [0, 0.1) is 11.8 Å². The molecule has 5 heterocycles. The van der Waals surface area contributed by atoms with Gasteiger partial charge in [-0.25, -0.2) is 34.9 Å². The summed E-state index contributed by atoms with van der Waals surface area (Å²) in [5.74, 6) is 7.93. The van der Waals surface area contributed by atoms with E-state index in [1.165, 1.54) is 12.7 Å². The zero-order valence-electron chi connectivity index (χ0n) is 20.2. The van der Waals surface area contributed by atoms with E-state index in [1.54, 1.807) is 49.0 Å². The Morgan fingerprint density at radius 1 is 0.919 bits per heavy atom. The van der Waals surface area contributed by atoms with Crippen molar-refractivity contribution in [1.82, 2.24) is 44.7 Å². The molecular formula is C24H25N11O2. The van der Waals surface area contributed by atoms with E-state index in [4.69, 9.17) is 9.84 Å². The number of hydrogen-bond acceptors (Lipinski definition) is 12. The minimum atomic E-state index is 0.0218. The lowest BCUT2D eigenvalue weighted by Gasteiger charge is -2.40. The molecule has 0 aromatic carbocycles. The van der Waals surface area contributed by atoms with Gasteiger partial charge in [-0.3, -0.25) is 4.68 Å². The highest BCUT2D eigenvalue weighted by Crippen LogP contribution is 2.19. The number of aliphatic hydroxyl groups is 1. The molecule has 1 saturated heterocycles. The second-order valence-corrected chi connectivity index (χ2v) is 8.22. The molecule has 0 amide bonds. The van der Waals surface area contributed by atoms with Crippen LogP contribution in [0.5, 0.6) is 0 Å². The van der Waals surface area contributed by atoms with Crippen molar-refractivity contribution in [2.75, 3.05) is 49.8 Å². The smallest absolute Gasteiger partial charge is 0.228 e. The highest BCUT2D eigenvalue weighted by atomic mass is 16.5. The molecule has 0 spiro atoms. The molecule has 1 fully saturated rings. The fourth-order valence-corrected chi connectivity index (χ4v) is 3.96. The monoisotopic (exact) mass is 499 g/mol. The normalized spacial score (nSPS) is 15.4. The van der Waals surface area contributed by atoms with Gasteiger partial charge in [-0.15, -0.1) is 0 Å². The summed E-state index contributed by atoms with van der Waals surface area (Å²) in [5, 5.41) is 13.2. The Bertz CT molecular complexity index is 1350. The average Bonchev–Trinajstić information content (AvgIpc) is 3.42. The summed E-state index contributed by atoms with van der Waals surface area (Å²) < 4.78 is 7.07. The van der Waals surface area contributed by atoms with Crippen LogP contribution in [0.4, 0.5) is 11.9 Å². The first-order valence-electron chi connectivity index (χ1n) is 11.7. The highest BCUT2D eigenvalue weighted by molar-refractivity contribution is 5.52. The molecule has 0 unspecified atom stereocenters. The van der Waals surface area contributed by atoms with Gasteiger partial charge in [0.25, 0.3) is 0 Å². The fourth-order valence-electron chi connectivity index (χ4n) is 3.96. The van der Waals surface area contributed by atoms with Crippen LogP contribution < -0.4 is 9.80 Å². The Balaban J connectivity index is 1.22. The third kappa shape index (κ3) is 5.83. The van der Waals surface area contributed by atoms with Crippen LogP contribution in [0.2, 0.25) is 0 Å². The average molecular weight is 500 g/mol. The van der Waals surface area contributed by atoms with Gasteiger partial charge >= 0.3 is 0 Å². The minimum Gasteiger partial charge on any atom is -0.394 e. The quantitative estimate of drug-likeness (QED) is 0.343. The largest absolute Gasteiger partial charge is 0.394 e. The highest BCUT2D eigenvalue weighted by Gasteiger charge is 2.30. The second-order valence-electron chi connectivity index (χ2n) is 8.22. The van der Waals surface area contributed by atoms with Crippen LogP contribution in [0.25, 0.3) is 11.4 Å². The van der Waals surface area contributed by atoms with Gasteiger partial charge in [-0.05, 0) is 0 Å². The van der Waals surface area contributed by atoms with Gasteiger partial charge in [-0.1, -0.05) is 11.8 Å². The number of ether oxygens (including phenoxy) is 1. The van der Waals surface area contributed by atoms with Crippen molar-refractivity contribution < 1.29 is 9.84 Å². The van der Waals surface area contributed by atoms with Gasteiger partial charge in [0, 0.05) is 57.7 Å². The molecule has 5 rings (SSSR count). The van der Waals surface area contributed by atoms with Crippen LogP contribution in [0.3, 0.4) is 0 Å². The molecule has 13 nitrogen and oxygen atoms in total. The molecule has 0 radical (unpaired) electrons. The lowest BCUT2D eigenvalue weighted by Crippen LogP contribution is -2.56. The van der Waals surface area contributed by atoms with Crippen molar-refractivity contribution >= 4 is 11.9 Å². The van der Waals surface area contributed by atoms with E-state index >= 15 is 0 Å². The van der Waals surface area contributed by atoms with Gasteiger partial charge in [0.1, 0.15) is 12.7 Å². The number of hydrogen-bond donors (Lipinski definition) is 1. The van der Waals surface area contributed by atoms with E-state index in [0.717, 1.165) is 12.1 Å². The zero-order valence-corrected chi connectivity index (χ0v) is 20.2. The number of anilines is 2. The predicted molar refractivity (Wildman–Crippen MR) is 133 cm³/mol. The maximum absolute atomic E-state index is 9.02. The summed E-state index contributed by atoms with van der Waals surface area (Å²) in [5.41, 5.74) is 2.14. The van der Waals surface area contributed by atoms with Crippen molar-refractivity contribution in [3.63, 3.8) is 0 Å². The summed E-state index contributed by atoms with van der Waals surface area (Å²) in [6.45, 7) is 3.08. The lowest BCUT2D eigenvalue weighted by atomic mass is 10.2. The standard InChI is InChI=1S/C24H25N11O2/c1-37-15-21-14-33(4-5-35(21)24-30-16-25-17-31-24)23-28-10-19(11-29-23)3-2-18-8-26-22(27-9-18)20-12-32-34(13-20)6-7-36/h8-13,16-17,21,36H,4-7,14-15H2,1H3/t21-/m1/s1. The number of methoxy groups -OCH3 is 1. The molecule has 188 valence electrons. The molecule has 37 heavy (non-hydrogen) atoms. The van der Waals surface area contributed by atoms with Crippen LogP contribution in [0.1, 0.15) is 11.1 Å². The Labute approximate surface area is 213 Å². The van der Waals surface area contributed by atoms with Crippen LogP contribution in [0.15, 0.2) is 49.8 Å². The van der Waals surface area contributed by atoms with Gasteiger partial charge in [0.15, 0.2) is 5.82 Å². The van der Waals surface area contributed by atoms with Gasteiger partial charge in [-0.2, -0.15) is 5.10 Å². The van der Waals surface area contributed by atoms with Crippen LogP contribution >= 0.6 is 0 Å². The Hall–Kier alpha value is -4.54. The molecule has 0 bridgehead atoms. The summed E-state index contributed by atoms with van der Waals surface area (Å²) in [6.07, 6.45) is 13.2. The van der Waals surface area contributed by atoms with E-state index < -0.39 is 0 Å². The number of rotatable bonds is 7. The molecule has 0 aliphatic carbocycles. The summed E-state index contributed by atoms with van der Waals surface area (Å²) >= 11 is 0. The summed E-state index contributed by atoms with van der Waals surface area (Å²) in [7, 11) is 1.68. The number of aliphatic hydroxyl groups excluding tert-OH is 1. The number of aromatic nitrogens is 9. The van der Waals surface area contributed by atoms with Crippen molar-refractivity contribution in [3.8, 4) is 23.2 Å². The Kier molecular flexibility index (Phi) is 7.49. The van der Waals surface area contributed by atoms with Gasteiger partial charge < -0.3 is 19.6 Å². The van der Waals surface area contributed by atoms with Crippen molar-refractivity contribution in [2.24, 2.45) is 0 Å². The van der Waals surface area contributed by atoms with E-state index in [2.05, 4.69) is 61.6 Å². The molecule has 1 atom stereocenters.